The number of guanidine groups is 1. The van der Waals surface area contributed by atoms with Crippen LogP contribution in [0.5, 0.6) is 11.6 Å². The maximum absolute atomic E-state index is 12.2. The van der Waals surface area contributed by atoms with E-state index in [0.717, 1.165) is 17.0 Å². The van der Waals surface area contributed by atoms with Crippen LogP contribution in [-0.2, 0) is 11.3 Å². The average Bonchev–Trinajstić information content (AvgIpc) is 2.70. The summed E-state index contributed by atoms with van der Waals surface area (Å²) < 4.78 is 10.8. The summed E-state index contributed by atoms with van der Waals surface area (Å²) >= 11 is 0. The number of pyridine rings is 1. The van der Waals surface area contributed by atoms with Crippen LogP contribution in [-0.4, -0.2) is 42.1 Å². The lowest BCUT2D eigenvalue weighted by Gasteiger charge is -2.21. The molecule has 3 N–H and O–H groups in total. The van der Waals surface area contributed by atoms with Crippen LogP contribution in [0.1, 0.15) is 40.2 Å². The molecular formula is C23H33N5O3. The van der Waals surface area contributed by atoms with E-state index in [4.69, 9.17) is 9.47 Å². The number of rotatable bonds is 8. The van der Waals surface area contributed by atoms with Gasteiger partial charge in [0.05, 0.1) is 26.3 Å². The van der Waals surface area contributed by atoms with E-state index in [1.165, 1.54) is 0 Å². The van der Waals surface area contributed by atoms with Crippen molar-refractivity contribution in [1.29, 1.82) is 0 Å². The van der Waals surface area contributed by atoms with Crippen molar-refractivity contribution in [3.8, 4) is 11.6 Å². The molecule has 31 heavy (non-hydrogen) atoms. The minimum absolute atomic E-state index is 0.0946. The second-order valence-electron chi connectivity index (χ2n) is 8.34. The largest absolute Gasteiger partial charge is 0.491 e. The van der Waals surface area contributed by atoms with E-state index in [1.807, 2.05) is 71.0 Å². The van der Waals surface area contributed by atoms with Crippen molar-refractivity contribution < 1.29 is 14.3 Å². The van der Waals surface area contributed by atoms with Gasteiger partial charge in [0.2, 0.25) is 11.8 Å². The minimum Gasteiger partial charge on any atom is -0.491 e. The predicted octanol–water partition coefficient (Wildman–Crippen LogP) is 3.35. The molecule has 0 atom stereocenters. The lowest BCUT2D eigenvalue weighted by Crippen LogP contribution is -2.46. The molecule has 0 bridgehead atoms. The van der Waals surface area contributed by atoms with Gasteiger partial charge < -0.3 is 25.4 Å². The number of methoxy groups -OCH3 is 1. The fraction of sp³-hybridized carbons (Fsp3) is 0.435. The molecule has 8 nitrogen and oxygen atoms in total. The summed E-state index contributed by atoms with van der Waals surface area (Å²) in [5, 5.41) is 9.25. The number of ether oxygens (including phenoxy) is 2. The molecule has 0 spiro atoms. The Balaban J connectivity index is 2.11. The van der Waals surface area contributed by atoms with Crippen molar-refractivity contribution in [1.82, 2.24) is 15.6 Å². The highest BCUT2D eigenvalue weighted by Crippen LogP contribution is 2.17. The van der Waals surface area contributed by atoms with Gasteiger partial charge in [-0.05, 0) is 70.5 Å². The Morgan fingerprint density at radius 3 is 2.48 bits per heavy atom. The molecule has 0 fully saturated rings. The van der Waals surface area contributed by atoms with Gasteiger partial charge in [-0.1, -0.05) is 0 Å². The molecule has 2 rings (SSSR count). The summed E-state index contributed by atoms with van der Waals surface area (Å²) in [5.41, 5.74) is 1.46. The van der Waals surface area contributed by atoms with Gasteiger partial charge in [-0.3, -0.25) is 4.79 Å². The van der Waals surface area contributed by atoms with Gasteiger partial charge in [-0.15, -0.1) is 0 Å². The third-order valence-electron chi connectivity index (χ3n) is 3.85. The highest BCUT2D eigenvalue weighted by molar-refractivity contribution is 5.96. The van der Waals surface area contributed by atoms with E-state index in [1.54, 1.807) is 13.3 Å². The Hall–Kier alpha value is -3.29. The predicted molar refractivity (Wildman–Crippen MR) is 124 cm³/mol. The number of aromatic nitrogens is 1. The molecule has 0 radical (unpaired) electrons. The number of nitrogens with zero attached hydrogens (tertiary/aromatic N) is 2. The van der Waals surface area contributed by atoms with Crippen molar-refractivity contribution in [3.63, 3.8) is 0 Å². The van der Waals surface area contributed by atoms with Gasteiger partial charge in [0, 0.05) is 23.5 Å². The number of benzene rings is 1. The van der Waals surface area contributed by atoms with Gasteiger partial charge in [0.1, 0.15) is 5.75 Å². The van der Waals surface area contributed by atoms with Crippen LogP contribution in [0.15, 0.2) is 47.6 Å². The number of aliphatic imine (C=N–C) groups is 1. The quantitative estimate of drug-likeness (QED) is 0.442. The van der Waals surface area contributed by atoms with Crippen LogP contribution in [0.4, 0.5) is 5.69 Å². The molecule has 2 aromatic rings. The Bertz CT molecular complexity index is 874. The maximum atomic E-state index is 12.2. The number of hydrogen-bond acceptors (Lipinski definition) is 5. The number of hydrogen-bond donors (Lipinski definition) is 3. The molecule has 1 heterocycles. The topological polar surface area (TPSA) is 96.9 Å². The first-order valence-electron chi connectivity index (χ1n) is 10.3. The van der Waals surface area contributed by atoms with E-state index in [2.05, 4.69) is 25.9 Å². The zero-order valence-corrected chi connectivity index (χ0v) is 19.2. The van der Waals surface area contributed by atoms with Crippen molar-refractivity contribution in [3.05, 3.63) is 48.2 Å². The molecule has 1 aromatic heterocycles. The third-order valence-corrected chi connectivity index (χ3v) is 3.85. The van der Waals surface area contributed by atoms with Gasteiger partial charge in [0.15, 0.2) is 5.96 Å². The average molecular weight is 428 g/mol. The maximum Gasteiger partial charge on any atom is 0.239 e. The molecule has 1 amide bonds. The van der Waals surface area contributed by atoms with Crippen molar-refractivity contribution >= 4 is 17.6 Å². The normalized spacial score (nSPS) is 11.8. The number of nitrogens with one attached hydrogen (secondary N) is 3. The number of carbonyl (C=O) groups is 1. The van der Waals surface area contributed by atoms with Crippen molar-refractivity contribution in [2.24, 2.45) is 4.99 Å². The Labute approximate surface area is 184 Å². The molecule has 8 heteroatoms. The summed E-state index contributed by atoms with van der Waals surface area (Å²) in [6, 6.07) is 11.3. The van der Waals surface area contributed by atoms with Crippen LogP contribution in [0.25, 0.3) is 0 Å². The summed E-state index contributed by atoms with van der Waals surface area (Å²) in [7, 11) is 1.57. The first-order chi connectivity index (χ1) is 14.6. The van der Waals surface area contributed by atoms with E-state index in [9.17, 15) is 4.79 Å². The second kappa shape index (κ2) is 11.2. The molecular weight excluding hydrogens is 394 g/mol. The Morgan fingerprint density at radius 1 is 1.16 bits per heavy atom. The summed E-state index contributed by atoms with van der Waals surface area (Å²) in [6.07, 6.45) is 1.78. The van der Waals surface area contributed by atoms with Crippen molar-refractivity contribution in [2.75, 3.05) is 19.0 Å². The molecule has 0 saturated heterocycles. The van der Waals surface area contributed by atoms with Gasteiger partial charge in [-0.25, -0.2) is 9.98 Å². The SMILES string of the molecule is COc1cc(CN=C(NCC(=O)NC(C)(C)C)Nc2ccc(OC(C)C)cc2)ccn1. The highest BCUT2D eigenvalue weighted by Gasteiger charge is 2.14. The monoisotopic (exact) mass is 427 g/mol. The van der Waals surface area contributed by atoms with Crippen molar-refractivity contribution in [2.45, 2.75) is 52.8 Å². The molecule has 0 aliphatic carbocycles. The standard InChI is InChI=1S/C23H33N5O3/c1-16(2)31-19-9-7-18(8-10-19)27-22(26-15-20(29)28-23(3,4)5)25-14-17-11-12-24-21(13-17)30-6/h7-13,16H,14-15H2,1-6H3,(H,28,29)(H2,25,26,27). The van der Waals surface area contributed by atoms with E-state index < -0.39 is 0 Å². The lowest BCUT2D eigenvalue weighted by atomic mass is 10.1. The Morgan fingerprint density at radius 2 is 1.87 bits per heavy atom. The van der Waals surface area contributed by atoms with Crippen LogP contribution in [0, 0.1) is 0 Å². The first-order valence-corrected chi connectivity index (χ1v) is 10.3. The second-order valence-corrected chi connectivity index (χ2v) is 8.34. The minimum atomic E-state index is -0.302. The Kier molecular flexibility index (Phi) is 8.66. The number of amides is 1. The van der Waals surface area contributed by atoms with E-state index in [-0.39, 0.29) is 24.1 Å². The molecule has 0 saturated carbocycles. The summed E-state index contributed by atoms with van der Waals surface area (Å²) in [5.74, 6) is 1.69. The first kappa shape index (κ1) is 24.0. The highest BCUT2D eigenvalue weighted by atomic mass is 16.5. The third kappa shape index (κ3) is 9.37. The smallest absolute Gasteiger partial charge is 0.239 e. The molecule has 0 unspecified atom stereocenters. The molecule has 0 aliphatic rings. The zero-order chi connectivity index (χ0) is 22.9. The molecule has 168 valence electrons. The molecule has 0 aliphatic heterocycles. The van der Waals surface area contributed by atoms with Crippen LogP contribution in [0.2, 0.25) is 0 Å². The lowest BCUT2D eigenvalue weighted by molar-refractivity contribution is -0.121. The van der Waals surface area contributed by atoms with Gasteiger partial charge >= 0.3 is 0 Å². The van der Waals surface area contributed by atoms with Gasteiger partial charge in [-0.2, -0.15) is 0 Å². The fourth-order valence-corrected chi connectivity index (χ4v) is 2.62. The van der Waals surface area contributed by atoms with E-state index in [0.29, 0.717) is 18.4 Å². The van der Waals surface area contributed by atoms with Crippen LogP contribution in [0.3, 0.4) is 0 Å². The number of anilines is 1. The zero-order valence-electron chi connectivity index (χ0n) is 19.2. The van der Waals surface area contributed by atoms with Gasteiger partial charge in [0.25, 0.3) is 0 Å². The number of carbonyl (C=O) groups excluding carboxylic acids is 1. The van der Waals surface area contributed by atoms with Crippen LogP contribution < -0.4 is 25.4 Å². The summed E-state index contributed by atoms with van der Waals surface area (Å²) in [6.45, 7) is 10.3. The van der Waals surface area contributed by atoms with Crippen LogP contribution >= 0.6 is 0 Å². The summed E-state index contributed by atoms with van der Waals surface area (Å²) in [4.78, 5) is 20.9. The van der Waals surface area contributed by atoms with E-state index >= 15 is 0 Å². The molecule has 1 aromatic carbocycles. The fourth-order valence-electron chi connectivity index (χ4n) is 2.62.